The second-order valence-corrected chi connectivity index (χ2v) is 3.76. The summed E-state index contributed by atoms with van der Waals surface area (Å²) >= 11 is 0. The summed E-state index contributed by atoms with van der Waals surface area (Å²) in [5.74, 6) is -1.11. The van der Waals surface area contributed by atoms with Gasteiger partial charge < -0.3 is 10.1 Å². The number of ether oxygens (including phenoxy) is 1. The molecule has 1 aromatic rings. The molecule has 0 spiro atoms. The normalized spacial score (nSPS) is 15.5. The predicted molar refractivity (Wildman–Crippen MR) is 52.9 cm³/mol. The molecule has 0 amide bonds. The molecule has 1 fully saturated rings. The van der Waals surface area contributed by atoms with E-state index in [4.69, 9.17) is 0 Å². The van der Waals surface area contributed by atoms with Crippen molar-refractivity contribution in [3.8, 4) is 5.75 Å². The first kappa shape index (κ1) is 11.3. The van der Waals surface area contributed by atoms with Crippen LogP contribution in [0.1, 0.15) is 18.4 Å². The van der Waals surface area contributed by atoms with E-state index in [1.165, 1.54) is 6.07 Å². The summed E-state index contributed by atoms with van der Waals surface area (Å²) in [4.78, 5) is 0. The van der Waals surface area contributed by atoms with Gasteiger partial charge in [-0.05, 0) is 18.9 Å². The third kappa shape index (κ3) is 2.88. The van der Waals surface area contributed by atoms with Gasteiger partial charge in [-0.3, -0.25) is 0 Å². The average Bonchev–Trinajstić information content (AvgIpc) is 3.02. The number of hydrogen-bond donors (Lipinski definition) is 1. The Bertz CT molecular complexity index is 366. The molecule has 2 rings (SSSR count). The van der Waals surface area contributed by atoms with Crippen molar-refractivity contribution >= 4 is 0 Å². The van der Waals surface area contributed by atoms with Crippen LogP contribution in [-0.2, 0) is 6.54 Å². The summed E-state index contributed by atoms with van der Waals surface area (Å²) in [6, 6.07) is 4.61. The van der Waals surface area contributed by atoms with Gasteiger partial charge in [0, 0.05) is 18.2 Å². The standard InChI is InChI=1S/C11H12F3NO/c12-9-3-1-2-7(6-15-8-4-5-8)10(9)16-11(13)14/h1-3,8,11,15H,4-6H2. The number of halogens is 3. The van der Waals surface area contributed by atoms with Gasteiger partial charge >= 0.3 is 6.61 Å². The monoisotopic (exact) mass is 231 g/mol. The summed E-state index contributed by atoms with van der Waals surface area (Å²) < 4.78 is 41.6. The molecule has 1 aliphatic rings. The van der Waals surface area contributed by atoms with Crippen LogP contribution in [0, 0.1) is 5.82 Å². The molecule has 0 aliphatic heterocycles. The van der Waals surface area contributed by atoms with Gasteiger partial charge in [0.25, 0.3) is 0 Å². The lowest BCUT2D eigenvalue weighted by Crippen LogP contribution is -2.17. The van der Waals surface area contributed by atoms with Crippen molar-refractivity contribution in [2.45, 2.75) is 32.0 Å². The van der Waals surface area contributed by atoms with Crippen LogP contribution in [0.25, 0.3) is 0 Å². The molecular formula is C11H12F3NO. The lowest BCUT2D eigenvalue weighted by Gasteiger charge is -2.11. The van der Waals surface area contributed by atoms with E-state index >= 15 is 0 Å². The van der Waals surface area contributed by atoms with E-state index in [2.05, 4.69) is 10.1 Å². The van der Waals surface area contributed by atoms with Crippen LogP contribution < -0.4 is 10.1 Å². The van der Waals surface area contributed by atoms with E-state index in [0.29, 0.717) is 18.2 Å². The topological polar surface area (TPSA) is 21.3 Å². The smallest absolute Gasteiger partial charge is 0.387 e. The molecule has 16 heavy (non-hydrogen) atoms. The molecule has 1 N–H and O–H groups in total. The number of nitrogens with one attached hydrogen (secondary N) is 1. The van der Waals surface area contributed by atoms with Gasteiger partial charge in [-0.1, -0.05) is 12.1 Å². The van der Waals surface area contributed by atoms with E-state index in [9.17, 15) is 13.2 Å². The highest BCUT2D eigenvalue weighted by atomic mass is 19.3. The fourth-order valence-electron chi connectivity index (χ4n) is 1.46. The molecule has 0 unspecified atom stereocenters. The lowest BCUT2D eigenvalue weighted by molar-refractivity contribution is -0.0528. The average molecular weight is 231 g/mol. The minimum atomic E-state index is -3.00. The van der Waals surface area contributed by atoms with Crippen LogP contribution in [0.3, 0.4) is 0 Å². The molecule has 0 heterocycles. The van der Waals surface area contributed by atoms with Crippen molar-refractivity contribution in [2.24, 2.45) is 0 Å². The summed E-state index contributed by atoms with van der Waals surface area (Å²) in [5.41, 5.74) is 0.423. The van der Waals surface area contributed by atoms with Crippen molar-refractivity contribution in [1.82, 2.24) is 5.32 Å². The maximum Gasteiger partial charge on any atom is 0.387 e. The van der Waals surface area contributed by atoms with E-state index in [1.807, 2.05) is 0 Å². The lowest BCUT2D eigenvalue weighted by atomic mass is 10.2. The van der Waals surface area contributed by atoms with Crippen molar-refractivity contribution in [2.75, 3.05) is 0 Å². The van der Waals surface area contributed by atoms with Gasteiger partial charge in [0.15, 0.2) is 11.6 Å². The minimum Gasteiger partial charge on any atom is -0.431 e. The van der Waals surface area contributed by atoms with Gasteiger partial charge in [-0.25, -0.2) is 4.39 Å². The number of alkyl halides is 2. The van der Waals surface area contributed by atoms with Crippen molar-refractivity contribution in [1.29, 1.82) is 0 Å². The zero-order valence-electron chi connectivity index (χ0n) is 8.55. The van der Waals surface area contributed by atoms with Crippen molar-refractivity contribution < 1.29 is 17.9 Å². The molecule has 2 nitrogen and oxygen atoms in total. The third-order valence-corrected chi connectivity index (χ3v) is 2.41. The maximum atomic E-state index is 13.3. The fourth-order valence-corrected chi connectivity index (χ4v) is 1.46. The molecule has 0 saturated heterocycles. The van der Waals surface area contributed by atoms with Crippen molar-refractivity contribution in [3.05, 3.63) is 29.6 Å². The molecule has 88 valence electrons. The molecule has 0 aromatic heterocycles. The molecule has 1 aromatic carbocycles. The Morgan fingerprint density at radius 2 is 2.12 bits per heavy atom. The highest BCUT2D eigenvalue weighted by Crippen LogP contribution is 2.26. The highest BCUT2D eigenvalue weighted by molar-refractivity contribution is 5.35. The zero-order chi connectivity index (χ0) is 11.5. The summed E-state index contributed by atoms with van der Waals surface area (Å²) in [6.07, 6.45) is 2.17. The zero-order valence-corrected chi connectivity index (χ0v) is 8.55. The van der Waals surface area contributed by atoms with Crippen LogP contribution in [-0.4, -0.2) is 12.7 Å². The molecular weight excluding hydrogens is 219 g/mol. The first-order valence-corrected chi connectivity index (χ1v) is 5.12. The van der Waals surface area contributed by atoms with Gasteiger partial charge in [0.05, 0.1) is 0 Å². The van der Waals surface area contributed by atoms with E-state index < -0.39 is 12.4 Å². The van der Waals surface area contributed by atoms with Gasteiger partial charge in [0.1, 0.15) is 0 Å². The summed E-state index contributed by atoms with van der Waals surface area (Å²) in [5, 5.41) is 3.12. The SMILES string of the molecule is Fc1cccc(CNC2CC2)c1OC(F)F. The van der Waals surface area contributed by atoms with Crippen molar-refractivity contribution in [3.63, 3.8) is 0 Å². The molecule has 5 heteroatoms. The molecule has 1 aliphatic carbocycles. The van der Waals surface area contributed by atoms with E-state index in [-0.39, 0.29) is 5.75 Å². The highest BCUT2D eigenvalue weighted by Gasteiger charge is 2.21. The Morgan fingerprint density at radius 1 is 1.38 bits per heavy atom. The Hall–Kier alpha value is -1.23. The number of benzene rings is 1. The second kappa shape index (κ2) is 4.74. The van der Waals surface area contributed by atoms with Crippen LogP contribution in [0.4, 0.5) is 13.2 Å². The van der Waals surface area contributed by atoms with Crippen LogP contribution >= 0.6 is 0 Å². The Balaban J connectivity index is 2.10. The first-order valence-electron chi connectivity index (χ1n) is 5.12. The third-order valence-electron chi connectivity index (χ3n) is 2.41. The first-order chi connectivity index (χ1) is 7.66. The second-order valence-electron chi connectivity index (χ2n) is 3.76. The molecule has 0 atom stereocenters. The number of hydrogen-bond acceptors (Lipinski definition) is 2. The van der Waals surface area contributed by atoms with E-state index in [1.54, 1.807) is 6.07 Å². The molecule has 0 radical (unpaired) electrons. The fraction of sp³-hybridized carbons (Fsp3) is 0.455. The largest absolute Gasteiger partial charge is 0.431 e. The Morgan fingerprint density at radius 3 is 2.75 bits per heavy atom. The number of para-hydroxylation sites is 1. The van der Waals surface area contributed by atoms with Crippen LogP contribution in [0.5, 0.6) is 5.75 Å². The molecule has 0 bridgehead atoms. The Kier molecular flexibility index (Phi) is 3.33. The van der Waals surface area contributed by atoms with Crippen LogP contribution in [0.15, 0.2) is 18.2 Å². The van der Waals surface area contributed by atoms with E-state index in [0.717, 1.165) is 18.9 Å². The quantitative estimate of drug-likeness (QED) is 0.841. The maximum absolute atomic E-state index is 13.3. The predicted octanol–water partition coefficient (Wildman–Crippen LogP) is 2.68. The summed E-state index contributed by atoms with van der Waals surface area (Å²) in [7, 11) is 0. The van der Waals surface area contributed by atoms with Crippen LogP contribution in [0.2, 0.25) is 0 Å². The minimum absolute atomic E-state index is 0.352. The molecule has 1 saturated carbocycles. The van der Waals surface area contributed by atoms with Gasteiger partial charge in [-0.15, -0.1) is 0 Å². The van der Waals surface area contributed by atoms with Gasteiger partial charge in [0.2, 0.25) is 0 Å². The van der Waals surface area contributed by atoms with Gasteiger partial charge in [-0.2, -0.15) is 8.78 Å². The summed E-state index contributed by atoms with van der Waals surface area (Å²) in [6.45, 7) is -2.65. The number of rotatable bonds is 5. The Labute approximate surface area is 91.4 Å².